The summed E-state index contributed by atoms with van der Waals surface area (Å²) >= 11 is 0. The number of aromatic hydroxyl groups is 1. The first-order valence-corrected chi connectivity index (χ1v) is 6.38. The summed E-state index contributed by atoms with van der Waals surface area (Å²) in [5.74, 6) is 0.181. The van der Waals surface area contributed by atoms with Crippen molar-refractivity contribution in [1.29, 1.82) is 0 Å². The van der Waals surface area contributed by atoms with Crippen molar-refractivity contribution < 1.29 is 9.50 Å². The molecule has 0 unspecified atom stereocenters. The molecule has 0 spiro atoms. The maximum Gasteiger partial charge on any atom is 0.165 e. The van der Waals surface area contributed by atoms with E-state index in [9.17, 15) is 9.50 Å². The van der Waals surface area contributed by atoms with E-state index in [-0.39, 0.29) is 5.75 Å². The maximum atomic E-state index is 13.1. The highest BCUT2D eigenvalue weighted by molar-refractivity contribution is 5.33. The van der Waals surface area contributed by atoms with Crippen LogP contribution in [-0.4, -0.2) is 11.7 Å². The predicted octanol–water partition coefficient (Wildman–Crippen LogP) is 2.81. The van der Waals surface area contributed by atoms with Gasteiger partial charge in [-0.25, -0.2) is 4.39 Å². The fourth-order valence-electron chi connectivity index (χ4n) is 2.73. The molecule has 0 atom stereocenters. The van der Waals surface area contributed by atoms with Gasteiger partial charge in [0.1, 0.15) is 0 Å². The van der Waals surface area contributed by atoms with Crippen molar-refractivity contribution in [3.63, 3.8) is 0 Å². The molecular formula is C14H18FNO. The summed E-state index contributed by atoms with van der Waals surface area (Å²) in [5, 5.41) is 12.9. The van der Waals surface area contributed by atoms with E-state index >= 15 is 0 Å². The van der Waals surface area contributed by atoms with Crippen LogP contribution in [0.4, 0.5) is 4.39 Å². The third-order valence-electron chi connectivity index (χ3n) is 4.20. The smallest absolute Gasteiger partial charge is 0.165 e. The number of phenolic OH excluding ortho intramolecular Hbond substituents is 1. The zero-order valence-electron chi connectivity index (χ0n) is 9.88. The van der Waals surface area contributed by atoms with Gasteiger partial charge in [0.2, 0.25) is 0 Å². The van der Waals surface area contributed by atoms with Crippen molar-refractivity contribution in [3.05, 3.63) is 29.6 Å². The lowest BCUT2D eigenvalue weighted by Gasteiger charge is -2.15. The van der Waals surface area contributed by atoms with E-state index in [4.69, 9.17) is 0 Å². The van der Waals surface area contributed by atoms with E-state index in [1.165, 1.54) is 31.7 Å². The Bertz CT molecular complexity index is 424. The molecule has 2 aliphatic rings. The molecule has 0 aliphatic heterocycles. The molecule has 2 nitrogen and oxygen atoms in total. The van der Waals surface area contributed by atoms with E-state index in [0.717, 1.165) is 12.5 Å². The fraction of sp³-hybridized carbons (Fsp3) is 0.571. The zero-order chi connectivity index (χ0) is 11.9. The average Bonchev–Trinajstić information content (AvgIpc) is 3.14. The van der Waals surface area contributed by atoms with Gasteiger partial charge in [-0.05, 0) is 43.1 Å². The molecule has 1 aromatic carbocycles. The van der Waals surface area contributed by atoms with Crippen molar-refractivity contribution in [2.24, 2.45) is 11.3 Å². The van der Waals surface area contributed by atoms with Gasteiger partial charge in [0, 0.05) is 18.7 Å². The van der Waals surface area contributed by atoms with Gasteiger partial charge in [0.15, 0.2) is 11.6 Å². The Kier molecular flexibility index (Phi) is 2.58. The van der Waals surface area contributed by atoms with Crippen LogP contribution in [0.1, 0.15) is 31.2 Å². The third-order valence-corrected chi connectivity index (χ3v) is 4.20. The van der Waals surface area contributed by atoms with Gasteiger partial charge < -0.3 is 10.4 Å². The maximum absolute atomic E-state index is 13.1. The van der Waals surface area contributed by atoms with Crippen molar-refractivity contribution in [2.45, 2.75) is 32.2 Å². The molecule has 0 saturated heterocycles. The van der Waals surface area contributed by atoms with Gasteiger partial charge in [-0.2, -0.15) is 0 Å². The number of para-hydroxylation sites is 1. The summed E-state index contributed by atoms with van der Waals surface area (Å²) in [4.78, 5) is 0. The molecule has 2 aliphatic carbocycles. The lowest BCUT2D eigenvalue weighted by atomic mass is 10.0. The van der Waals surface area contributed by atoms with Gasteiger partial charge in [-0.15, -0.1) is 0 Å². The predicted molar refractivity (Wildman–Crippen MR) is 64.2 cm³/mol. The first-order chi connectivity index (χ1) is 8.21. The van der Waals surface area contributed by atoms with E-state index in [1.54, 1.807) is 12.1 Å². The highest BCUT2D eigenvalue weighted by Crippen LogP contribution is 2.60. The first kappa shape index (κ1) is 11.0. The Morgan fingerprint density at radius 2 is 2.12 bits per heavy atom. The summed E-state index contributed by atoms with van der Waals surface area (Å²) in [6.45, 7) is 1.56. The first-order valence-electron chi connectivity index (χ1n) is 6.38. The molecular weight excluding hydrogens is 217 g/mol. The van der Waals surface area contributed by atoms with Crippen LogP contribution in [0.5, 0.6) is 5.75 Å². The molecule has 92 valence electrons. The van der Waals surface area contributed by atoms with E-state index in [0.29, 0.717) is 17.5 Å². The molecule has 0 aromatic heterocycles. The summed E-state index contributed by atoms with van der Waals surface area (Å²) in [6.07, 6.45) is 5.43. The van der Waals surface area contributed by atoms with Crippen molar-refractivity contribution >= 4 is 0 Å². The van der Waals surface area contributed by atoms with E-state index in [2.05, 4.69) is 5.32 Å². The third kappa shape index (κ3) is 2.16. The molecule has 0 bridgehead atoms. The molecule has 0 heterocycles. The number of phenols is 1. The molecule has 2 fully saturated rings. The Morgan fingerprint density at radius 3 is 2.76 bits per heavy atom. The standard InChI is InChI=1S/C14H18FNO/c15-12-3-1-2-10(13(12)17)8-16-9-14(6-7-14)11-4-5-11/h1-3,11,16-17H,4-9H2. The van der Waals surface area contributed by atoms with Gasteiger partial charge in [-0.1, -0.05) is 12.1 Å². The van der Waals surface area contributed by atoms with Gasteiger partial charge in [-0.3, -0.25) is 0 Å². The number of halogens is 1. The molecule has 1 aromatic rings. The lowest BCUT2D eigenvalue weighted by Crippen LogP contribution is -2.25. The van der Waals surface area contributed by atoms with Gasteiger partial charge in [0.05, 0.1) is 0 Å². The van der Waals surface area contributed by atoms with Crippen molar-refractivity contribution in [3.8, 4) is 5.75 Å². The normalized spacial score (nSPS) is 21.5. The molecule has 3 rings (SSSR count). The highest BCUT2D eigenvalue weighted by atomic mass is 19.1. The number of hydrogen-bond donors (Lipinski definition) is 2. The highest BCUT2D eigenvalue weighted by Gasteiger charge is 2.53. The zero-order valence-corrected chi connectivity index (χ0v) is 9.88. The molecule has 3 heteroatoms. The van der Waals surface area contributed by atoms with Crippen LogP contribution < -0.4 is 5.32 Å². The second kappa shape index (κ2) is 3.98. The summed E-state index contributed by atoms with van der Waals surface area (Å²) in [6, 6.07) is 4.69. The lowest BCUT2D eigenvalue weighted by molar-refractivity contribution is 0.393. The topological polar surface area (TPSA) is 32.3 Å². The molecule has 0 radical (unpaired) electrons. The number of rotatable bonds is 5. The van der Waals surface area contributed by atoms with Crippen molar-refractivity contribution in [2.75, 3.05) is 6.54 Å². The second-order valence-corrected chi connectivity index (χ2v) is 5.49. The van der Waals surface area contributed by atoms with Crippen LogP contribution >= 0.6 is 0 Å². The summed E-state index contributed by atoms with van der Waals surface area (Å²) in [5.41, 5.74) is 1.19. The molecule has 0 amide bonds. The molecule has 17 heavy (non-hydrogen) atoms. The largest absolute Gasteiger partial charge is 0.505 e. The number of nitrogens with one attached hydrogen (secondary N) is 1. The van der Waals surface area contributed by atoms with Crippen LogP contribution in [0.15, 0.2) is 18.2 Å². The van der Waals surface area contributed by atoms with E-state index < -0.39 is 5.82 Å². The SMILES string of the molecule is Oc1c(F)cccc1CNCC1(C2CC2)CC1. The number of hydrogen-bond acceptors (Lipinski definition) is 2. The minimum absolute atomic E-state index is 0.212. The van der Waals surface area contributed by atoms with Crippen LogP contribution in [0, 0.1) is 17.2 Å². The summed E-state index contributed by atoms with van der Waals surface area (Å²) in [7, 11) is 0. The van der Waals surface area contributed by atoms with Crippen LogP contribution in [-0.2, 0) is 6.54 Å². The van der Waals surface area contributed by atoms with Crippen LogP contribution in [0.25, 0.3) is 0 Å². The minimum atomic E-state index is -0.535. The summed E-state index contributed by atoms with van der Waals surface area (Å²) < 4.78 is 13.1. The molecule has 2 saturated carbocycles. The van der Waals surface area contributed by atoms with Crippen LogP contribution in [0.3, 0.4) is 0 Å². The Morgan fingerprint density at radius 1 is 1.35 bits per heavy atom. The van der Waals surface area contributed by atoms with E-state index in [1.807, 2.05) is 0 Å². The second-order valence-electron chi connectivity index (χ2n) is 5.49. The Balaban J connectivity index is 1.55. The monoisotopic (exact) mass is 235 g/mol. The molecule has 2 N–H and O–H groups in total. The Hall–Kier alpha value is -1.09. The van der Waals surface area contributed by atoms with Crippen LogP contribution in [0.2, 0.25) is 0 Å². The van der Waals surface area contributed by atoms with Gasteiger partial charge >= 0.3 is 0 Å². The minimum Gasteiger partial charge on any atom is -0.505 e. The fourth-order valence-corrected chi connectivity index (χ4v) is 2.73. The average molecular weight is 235 g/mol. The Labute approximate surface area is 101 Å². The number of benzene rings is 1. The quantitative estimate of drug-likeness (QED) is 0.822. The van der Waals surface area contributed by atoms with Crippen molar-refractivity contribution in [1.82, 2.24) is 5.32 Å². The van der Waals surface area contributed by atoms with Gasteiger partial charge in [0.25, 0.3) is 0 Å².